The molecule has 200 valence electrons. The third-order valence-electron chi connectivity index (χ3n) is 7.53. The van der Waals surface area contributed by atoms with E-state index in [4.69, 9.17) is 0 Å². The van der Waals surface area contributed by atoms with Crippen LogP contribution in [0, 0.1) is 11.8 Å². The van der Waals surface area contributed by atoms with Gasteiger partial charge in [0.05, 0.1) is 11.6 Å². The van der Waals surface area contributed by atoms with Crippen LogP contribution in [0.3, 0.4) is 0 Å². The van der Waals surface area contributed by atoms with Crippen LogP contribution < -0.4 is 10.2 Å². The largest absolute Gasteiger partial charge is 0.510 e. The number of Topliss-reactive ketones (excluding diaryl/α,β-unsaturated/α-hetero) is 2. The summed E-state index contributed by atoms with van der Waals surface area (Å²) in [4.78, 5) is 43.9. The van der Waals surface area contributed by atoms with Crippen LogP contribution in [0.4, 0.5) is 5.69 Å². The molecule has 3 aliphatic carbocycles. The van der Waals surface area contributed by atoms with Crippen LogP contribution >= 0.6 is 0 Å². The Morgan fingerprint density at radius 3 is 2.24 bits per heavy atom. The smallest absolute Gasteiger partial charge is 0.258 e. The van der Waals surface area contributed by atoms with Crippen molar-refractivity contribution in [2.45, 2.75) is 50.8 Å². The first kappa shape index (κ1) is 26.7. The van der Waals surface area contributed by atoms with Crippen molar-refractivity contribution in [3.8, 4) is 5.75 Å². The van der Waals surface area contributed by atoms with Crippen molar-refractivity contribution < 1.29 is 34.8 Å². The van der Waals surface area contributed by atoms with Gasteiger partial charge in [-0.05, 0) is 71.3 Å². The highest BCUT2D eigenvalue weighted by atomic mass is 16.3. The SMILES string of the molecule is CN(C)c1ccc(O)c2c1CC1CC3C(N(C)C)C(O)=C(C(=O)NC(C)(C)C)C(=O)C3(O)C(O)=C1C2=O. The molecule has 1 aromatic carbocycles. The number of fused-ring (bicyclic) bond motifs is 3. The van der Waals surface area contributed by atoms with E-state index in [1.165, 1.54) is 6.07 Å². The van der Waals surface area contributed by atoms with Gasteiger partial charge >= 0.3 is 0 Å². The number of aliphatic hydroxyl groups is 3. The van der Waals surface area contributed by atoms with Crippen molar-refractivity contribution in [2.75, 3.05) is 33.1 Å². The summed E-state index contributed by atoms with van der Waals surface area (Å²) in [6.45, 7) is 5.11. The zero-order valence-corrected chi connectivity index (χ0v) is 22.2. The Morgan fingerprint density at radius 2 is 1.70 bits per heavy atom. The topological polar surface area (TPSA) is 151 Å². The summed E-state index contributed by atoms with van der Waals surface area (Å²) in [7, 11) is 6.90. The van der Waals surface area contributed by atoms with E-state index in [1.807, 2.05) is 19.0 Å². The lowest BCUT2D eigenvalue weighted by molar-refractivity contribution is -0.149. The Labute approximate surface area is 215 Å². The maximum absolute atomic E-state index is 13.7. The number of allylic oxidation sites excluding steroid dienone is 1. The van der Waals surface area contributed by atoms with Crippen LogP contribution in [0.15, 0.2) is 34.8 Å². The Balaban J connectivity index is 1.93. The summed E-state index contributed by atoms with van der Waals surface area (Å²) >= 11 is 0. The van der Waals surface area contributed by atoms with Crippen molar-refractivity contribution in [1.29, 1.82) is 0 Å². The molecule has 0 fully saturated rings. The number of benzene rings is 1. The highest BCUT2D eigenvalue weighted by molar-refractivity contribution is 6.25. The Kier molecular flexibility index (Phi) is 6.20. The van der Waals surface area contributed by atoms with E-state index in [2.05, 4.69) is 5.32 Å². The average molecular weight is 514 g/mol. The van der Waals surface area contributed by atoms with E-state index >= 15 is 0 Å². The second-order valence-electron chi connectivity index (χ2n) is 11.7. The van der Waals surface area contributed by atoms with E-state index in [-0.39, 0.29) is 29.7 Å². The molecule has 5 N–H and O–H groups in total. The number of aromatic hydroxyl groups is 1. The molecule has 0 saturated carbocycles. The van der Waals surface area contributed by atoms with Gasteiger partial charge in [-0.15, -0.1) is 0 Å². The summed E-state index contributed by atoms with van der Waals surface area (Å²) in [6.07, 6.45) is 0.349. The third kappa shape index (κ3) is 3.90. The fourth-order valence-corrected chi connectivity index (χ4v) is 6.04. The number of carbonyl (C=O) groups excluding carboxylic acids is 3. The minimum absolute atomic E-state index is 0.0163. The molecular weight excluding hydrogens is 478 g/mol. The summed E-state index contributed by atoms with van der Waals surface area (Å²) in [5.41, 5.74) is -2.81. The summed E-state index contributed by atoms with van der Waals surface area (Å²) in [5.74, 6) is -5.93. The van der Waals surface area contributed by atoms with E-state index in [0.29, 0.717) is 5.56 Å². The van der Waals surface area contributed by atoms with Gasteiger partial charge in [0.1, 0.15) is 22.8 Å². The first-order valence-corrected chi connectivity index (χ1v) is 12.2. The summed E-state index contributed by atoms with van der Waals surface area (Å²) in [5, 5.41) is 47.7. The van der Waals surface area contributed by atoms with Gasteiger partial charge in [-0.1, -0.05) is 0 Å². The molecule has 4 rings (SSSR count). The van der Waals surface area contributed by atoms with Gasteiger partial charge in [0, 0.05) is 36.8 Å². The third-order valence-corrected chi connectivity index (χ3v) is 7.53. The van der Waals surface area contributed by atoms with Crippen molar-refractivity contribution in [2.24, 2.45) is 11.8 Å². The number of nitrogens with one attached hydrogen (secondary N) is 1. The molecule has 4 atom stereocenters. The van der Waals surface area contributed by atoms with Crippen molar-refractivity contribution in [1.82, 2.24) is 10.2 Å². The lowest BCUT2D eigenvalue weighted by atomic mass is 9.58. The molecule has 0 saturated heterocycles. The number of phenolic OH excluding ortho intramolecular Hbond substituents is 1. The van der Waals surface area contributed by atoms with Gasteiger partial charge in [-0.3, -0.25) is 19.3 Å². The molecule has 1 amide bonds. The van der Waals surface area contributed by atoms with Gasteiger partial charge < -0.3 is 30.6 Å². The zero-order chi connectivity index (χ0) is 27.8. The standard InChI is InChI=1S/C27H35N3O7/c1-26(2,3)28-25(36)19-22(33)20(30(6)7)14-11-12-10-13-15(29(4)5)8-9-16(31)18(13)21(32)17(12)23(34)27(14,37)24(19)35/h8-9,12,14,20,31,33-34,37H,10-11H2,1-7H3,(H,28,36). The first-order valence-electron chi connectivity index (χ1n) is 12.2. The monoisotopic (exact) mass is 513 g/mol. The van der Waals surface area contributed by atoms with Gasteiger partial charge in [-0.25, -0.2) is 0 Å². The molecule has 0 aliphatic heterocycles. The highest BCUT2D eigenvalue weighted by Gasteiger charge is 2.63. The molecular formula is C27H35N3O7. The normalized spacial score (nSPS) is 27.6. The number of rotatable bonds is 3. The predicted octanol–water partition coefficient (Wildman–Crippen LogP) is 1.62. The molecule has 0 radical (unpaired) electrons. The van der Waals surface area contributed by atoms with Crippen LogP contribution in [-0.2, 0) is 16.0 Å². The Bertz CT molecular complexity index is 1270. The predicted molar refractivity (Wildman–Crippen MR) is 137 cm³/mol. The minimum Gasteiger partial charge on any atom is -0.510 e. The number of likely N-dealkylation sites (N-methyl/N-ethyl adjacent to an activating group) is 1. The van der Waals surface area contributed by atoms with Crippen molar-refractivity contribution in [3.05, 3.63) is 45.9 Å². The average Bonchev–Trinajstić information content (AvgIpc) is 2.74. The fraction of sp³-hybridized carbons (Fsp3) is 0.519. The second kappa shape index (κ2) is 8.59. The Hall–Kier alpha value is -3.37. The number of phenols is 1. The van der Waals surface area contributed by atoms with Crippen LogP contribution in [0.25, 0.3) is 0 Å². The molecule has 10 heteroatoms. The maximum atomic E-state index is 13.7. The van der Waals surface area contributed by atoms with E-state index in [0.717, 1.165) is 5.69 Å². The number of amides is 1. The number of aliphatic hydroxyl groups excluding tert-OH is 2. The molecule has 3 aliphatic rings. The molecule has 1 aromatic rings. The van der Waals surface area contributed by atoms with Crippen molar-refractivity contribution in [3.63, 3.8) is 0 Å². The molecule has 37 heavy (non-hydrogen) atoms. The van der Waals surface area contributed by atoms with Crippen LogP contribution in [-0.4, -0.2) is 88.2 Å². The molecule has 4 unspecified atom stereocenters. The number of ketones is 2. The number of carbonyl (C=O) groups is 3. The van der Waals surface area contributed by atoms with Gasteiger partial charge in [0.25, 0.3) is 5.91 Å². The highest BCUT2D eigenvalue weighted by Crippen LogP contribution is 2.53. The van der Waals surface area contributed by atoms with E-state index in [9.17, 15) is 34.8 Å². The zero-order valence-electron chi connectivity index (χ0n) is 22.2. The minimum atomic E-state index is -2.61. The van der Waals surface area contributed by atoms with E-state index in [1.54, 1.807) is 45.8 Å². The molecule has 0 spiro atoms. The van der Waals surface area contributed by atoms with Crippen LogP contribution in [0.2, 0.25) is 0 Å². The lowest BCUT2D eigenvalue weighted by Gasteiger charge is -2.50. The summed E-state index contributed by atoms with van der Waals surface area (Å²) < 4.78 is 0. The number of anilines is 1. The first-order chi connectivity index (χ1) is 17.0. The Morgan fingerprint density at radius 1 is 1.08 bits per heavy atom. The van der Waals surface area contributed by atoms with E-state index < -0.39 is 63.6 Å². The quantitative estimate of drug-likeness (QED) is 0.380. The van der Waals surface area contributed by atoms with Crippen LogP contribution in [0.5, 0.6) is 5.75 Å². The lowest BCUT2D eigenvalue weighted by Crippen LogP contribution is -2.64. The van der Waals surface area contributed by atoms with Crippen molar-refractivity contribution >= 4 is 23.2 Å². The second-order valence-corrected chi connectivity index (χ2v) is 11.7. The summed E-state index contributed by atoms with van der Waals surface area (Å²) in [6, 6.07) is 2.12. The molecule has 0 bridgehead atoms. The molecule has 0 aromatic heterocycles. The maximum Gasteiger partial charge on any atom is 0.258 e. The molecule has 10 nitrogen and oxygen atoms in total. The fourth-order valence-electron chi connectivity index (χ4n) is 6.04. The van der Waals surface area contributed by atoms with Gasteiger partial charge in [0.15, 0.2) is 11.4 Å². The number of nitrogens with zero attached hydrogens (tertiary/aromatic N) is 2. The van der Waals surface area contributed by atoms with Gasteiger partial charge in [0.2, 0.25) is 5.78 Å². The number of hydrogen-bond acceptors (Lipinski definition) is 9. The van der Waals surface area contributed by atoms with Gasteiger partial charge in [-0.2, -0.15) is 0 Å². The van der Waals surface area contributed by atoms with Crippen LogP contribution in [0.1, 0.15) is 43.1 Å². The molecule has 0 heterocycles. The number of hydrogen-bond donors (Lipinski definition) is 5.